The number of benzene rings is 2. The first-order valence-corrected chi connectivity index (χ1v) is 6.70. The molecule has 0 heterocycles. The van der Waals surface area contributed by atoms with Gasteiger partial charge in [-0.05, 0) is 40.8 Å². The van der Waals surface area contributed by atoms with Crippen molar-refractivity contribution in [2.24, 2.45) is 0 Å². The Morgan fingerprint density at radius 2 is 2.15 bits per heavy atom. The summed E-state index contributed by atoms with van der Waals surface area (Å²) in [5.74, 6) is 0.128. The molecule has 2 aromatic carbocycles. The molecule has 0 atom stereocenters. The summed E-state index contributed by atoms with van der Waals surface area (Å²) < 4.78 is 5.45. The number of aliphatic carboxylic acids is 1. The molecule has 20 heavy (non-hydrogen) atoms. The van der Waals surface area contributed by atoms with Gasteiger partial charge in [0.2, 0.25) is 0 Å². The van der Waals surface area contributed by atoms with Gasteiger partial charge in [-0.25, -0.2) is 0 Å². The Bertz CT molecular complexity index is 713. The summed E-state index contributed by atoms with van der Waals surface area (Å²) in [6.45, 7) is 0. The number of hydrogen-bond donors (Lipinski definition) is 1. The third-order valence-corrected chi connectivity index (χ3v) is 3.84. The average molecular weight is 268 g/mol. The van der Waals surface area contributed by atoms with Gasteiger partial charge in [-0.15, -0.1) is 0 Å². The van der Waals surface area contributed by atoms with Crippen LogP contribution in [0.3, 0.4) is 0 Å². The summed E-state index contributed by atoms with van der Waals surface area (Å²) in [4.78, 5) is 10.8. The maximum absolute atomic E-state index is 10.8. The van der Waals surface area contributed by atoms with Gasteiger partial charge in [0, 0.05) is 5.56 Å². The molecule has 0 aliphatic heterocycles. The van der Waals surface area contributed by atoms with E-state index < -0.39 is 5.97 Å². The van der Waals surface area contributed by atoms with Gasteiger partial charge in [-0.1, -0.05) is 30.3 Å². The van der Waals surface area contributed by atoms with Crippen LogP contribution in [-0.4, -0.2) is 18.2 Å². The number of carboxylic acids is 1. The Balaban J connectivity index is 2.22. The van der Waals surface area contributed by atoms with Crippen LogP contribution in [0.25, 0.3) is 16.3 Å². The van der Waals surface area contributed by atoms with Gasteiger partial charge >= 0.3 is 5.97 Å². The predicted octanol–water partition coefficient (Wildman–Crippen LogP) is 3.65. The van der Waals surface area contributed by atoms with Crippen molar-refractivity contribution < 1.29 is 14.6 Å². The lowest BCUT2D eigenvalue weighted by Gasteiger charge is -2.22. The van der Waals surface area contributed by atoms with Crippen LogP contribution < -0.4 is 4.74 Å². The summed E-state index contributed by atoms with van der Waals surface area (Å²) in [6.07, 6.45) is 3.66. The number of carbonyl (C=O) groups is 1. The van der Waals surface area contributed by atoms with Crippen molar-refractivity contribution in [2.45, 2.75) is 19.3 Å². The number of carboxylic acid groups (broad SMARTS) is 1. The number of aryl methyl sites for hydroxylation is 1. The van der Waals surface area contributed by atoms with E-state index in [2.05, 4.69) is 18.2 Å². The fourth-order valence-corrected chi connectivity index (χ4v) is 2.96. The minimum Gasteiger partial charge on any atom is -0.496 e. The molecule has 1 aliphatic carbocycles. The number of hydrogen-bond acceptors (Lipinski definition) is 2. The van der Waals surface area contributed by atoms with Crippen LogP contribution in [0.5, 0.6) is 5.75 Å². The molecule has 0 bridgehead atoms. The SMILES string of the molecule is COc1ccc2cccc3c2c1CCC3=CCC(=O)O. The summed E-state index contributed by atoms with van der Waals surface area (Å²) in [5, 5.41) is 11.2. The third kappa shape index (κ3) is 2.05. The minimum absolute atomic E-state index is 0.0744. The highest BCUT2D eigenvalue weighted by Gasteiger charge is 2.19. The summed E-state index contributed by atoms with van der Waals surface area (Å²) in [5.41, 5.74) is 3.50. The molecule has 1 N–H and O–H groups in total. The molecule has 0 spiro atoms. The maximum atomic E-state index is 10.8. The second-order valence-corrected chi connectivity index (χ2v) is 4.98. The zero-order chi connectivity index (χ0) is 14.1. The molecule has 0 radical (unpaired) electrons. The molecular weight excluding hydrogens is 252 g/mol. The van der Waals surface area contributed by atoms with E-state index in [1.54, 1.807) is 7.11 Å². The Hall–Kier alpha value is -2.29. The Morgan fingerprint density at radius 1 is 1.30 bits per heavy atom. The number of rotatable bonds is 3. The Morgan fingerprint density at radius 3 is 2.90 bits per heavy atom. The topological polar surface area (TPSA) is 46.5 Å². The van der Waals surface area contributed by atoms with Crippen molar-refractivity contribution >= 4 is 22.3 Å². The van der Waals surface area contributed by atoms with Crippen molar-refractivity contribution in [3.63, 3.8) is 0 Å². The van der Waals surface area contributed by atoms with Gasteiger partial charge in [-0.3, -0.25) is 4.79 Å². The van der Waals surface area contributed by atoms with Crippen LogP contribution in [0.4, 0.5) is 0 Å². The average Bonchev–Trinajstić information content (AvgIpc) is 2.47. The highest BCUT2D eigenvalue weighted by molar-refractivity contribution is 5.99. The largest absolute Gasteiger partial charge is 0.496 e. The second kappa shape index (κ2) is 5.00. The molecule has 2 aromatic rings. The van der Waals surface area contributed by atoms with Gasteiger partial charge in [0.1, 0.15) is 5.75 Å². The molecule has 1 aliphatic rings. The number of ether oxygens (including phenoxy) is 1. The molecule has 0 unspecified atom stereocenters. The summed E-state index contributed by atoms with van der Waals surface area (Å²) in [6, 6.07) is 10.2. The monoisotopic (exact) mass is 268 g/mol. The molecule has 0 aromatic heterocycles. The molecule has 0 fully saturated rings. The quantitative estimate of drug-likeness (QED) is 0.924. The lowest BCUT2D eigenvalue weighted by molar-refractivity contribution is -0.135. The van der Waals surface area contributed by atoms with Crippen LogP contribution in [0.15, 0.2) is 36.4 Å². The van der Waals surface area contributed by atoms with E-state index in [4.69, 9.17) is 9.84 Å². The molecule has 3 nitrogen and oxygen atoms in total. The lowest BCUT2D eigenvalue weighted by Crippen LogP contribution is -2.04. The first kappa shape index (κ1) is 12.7. The molecular formula is C17H16O3. The number of allylic oxidation sites excluding steroid dienone is 1. The highest BCUT2D eigenvalue weighted by atomic mass is 16.5. The molecule has 3 heteroatoms. The van der Waals surface area contributed by atoms with E-state index in [9.17, 15) is 4.79 Å². The fraction of sp³-hybridized carbons (Fsp3) is 0.235. The molecule has 0 saturated heterocycles. The summed E-state index contributed by atoms with van der Waals surface area (Å²) >= 11 is 0. The molecule has 3 rings (SSSR count). The van der Waals surface area contributed by atoms with Crippen molar-refractivity contribution in [3.8, 4) is 5.75 Å². The van der Waals surface area contributed by atoms with Crippen LogP contribution >= 0.6 is 0 Å². The molecule has 102 valence electrons. The summed E-state index contributed by atoms with van der Waals surface area (Å²) in [7, 11) is 1.69. The van der Waals surface area contributed by atoms with E-state index in [1.807, 2.05) is 18.2 Å². The van der Waals surface area contributed by atoms with Crippen LogP contribution in [0.2, 0.25) is 0 Å². The molecule has 0 saturated carbocycles. The van der Waals surface area contributed by atoms with Crippen LogP contribution in [0, 0.1) is 0 Å². The third-order valence-electron chi connectivity index (χ3n) is 3.84. The zero-order valence-electron chi connectivity index (χ0n) is 11.3. The van der Waals surface area contributed by atoms with Gasteiger partial charge < -0.3 is 9.84 Å². The maximum Gasteiger partial charge on any atom is 0.307 e. The second-order valence-electron chi connectivity index (χ2n) is 4.98. The zero-order valence-corrected chi connectivity index (χ0v) is 11.3. The van der Waals surface area contributed by atoms with E-state index >= 15 is 0 Å². The number of methoxy groups -OCH3 is 1. The standard InChI is InChI=1S/C17H16O3/c1-20-15-9-6-12-3-2-4-13-11(7-10-16(18)19)5-8-14(15)17(12)13/h2-4,6-7,9H,5,8,10H2,1H3,(H,18,19). The first-order valence-electron chi connectivity index (χ1n) is 6.70. The van der Waals surface area contributed by atoms with Gasteiger partial charge in [0.05, 0.1) is 13.5 Å². The fourth-order valence-electron chi connectivity index (χ4n) is 2.96. The Labute approximate surface area is 117 Å². The van der Waals surface area contributed by atoms with Gasteiger partial charge in [0.25, 0.3) is 0 Å². The lowest BCUT2D eigenvalue weighted by atomic mass is 9.84. The van der Waals surface area contributed by atoms with E-state index in [-0.39, 0.29) is 6.42 Å². The van der Waals surface area contributed by atoms with E-state index in [0.717, 1.165) is 29.7 Å². The van der Waals surface area contributed by atoms with Crippen molar-refractivity contribution in [3.05, 3.63) is 47.5 Å². The Kier molecular flexibility index (Phi) is 3.18. The first-order chi connectivity index (χ1) is 9.70. The van der Waals surface area contributed by atoms with Crippen molar-refractivity contribution in [1.29, 1.82) is 0 Å². The highest BCUT2D eigenvalue weighted by Crippen LogP contribution is 2.40. The van der Waals surface area contributed by atoms with E-state index in [0.29, 0.717) is 0 Å². The van der Waals surface area contributed by atoms with Gasteiger partial charge in [0.15, 0.2) is 0 Å². The van der Waals surface area contributed by atoms with Crippen LogP contribution in [-0.2, 0) is 11.2 Å². The van der Waals surface area contributed by atoms with Crippen molar-refractivity contribution in [2.75, 3.05) is 7.11 Å². The smallest absolute Gasteiger partial charge is 0.307 e. The van der Waals surface area contributed by atoms with Crippen LogP contribution in [0.1, 0.15) is 24.0 Å². The normalized spacial score (nSPS) is 15.6. The van der Waals surface area contributed by atoms with Crippen molar-refractivity contribution in [1.82, 2.24) is 0 Å². The molecule has 0 amide bonds. The predicted molar refractivity (Wildman–Crippen MR) is 79.1 cm³/mol. The van der Waals surface area contributed by atoms with Gasteiger partial charge in [-0.2, -0.15) is 0 Å². The minimum atomic E-state index is -0.791. The van der Waals surface area contributed by atoms with E-state index in [1.165, 1.54) is 16.3 Å².